The van der Waals surface area contributed by atoms with Gasteiger partial charge in [0, 0.05) is 23.8 Å². The van der Waals surface area contributed by atoms with Crippen LogP contribution in [0.4, 0.5) is 0 Å². The van der Waals surface area contributed by atoms with Gasteiger partial charge in [-0.15, -0.1) is 0 Å². The largest absolute Gasteiger partial charge is 0.467 e. The molecule has 1 fully saturated rings. The summed E-state index contributed by atoms with van der Waals surface area (Å²) in [6, 6.07) is 12.1. The van der Waals surface area contributed by atoms with E-state index in [0.29, 0.717) is 17.7 Å². The van der Waals surface area contributed by atoms with Crippen LogP contribution in [0.25, 0.3) is 0 Å². The lowest BCUT2D eigenvalue weighted by Gasteiger charge is -2.33. The maximum Gasteiger partial charge on any atom is 0.187 e. The number of hydrogen-bond acceptors (Lipinski definition) is 4. The summed E-state index contributed by atoms with van der Waals surface area (Å²) < 4.78 is 5.26. The number of piperidine rings is 1. The highest BCUT2D eigenvalue weighted by molar-refractivity contribution is 7.80. The second kappa shape index (κ2) is 9.71. The van der Waals surface area contributed by atoms with Crippen molar-refractivity contribution in [2.45, 2.75) is 38.4 Å². The molecule has 2 aromatic rings. The second-order valence-electron chi connectivity index (χ2n) is 6.31. The average Bonchev–Trinajstić information content (AvgIpc) is 3.17. The summed E-state index contributed by atoms with van der Waals surface area (Å²) in [7, 11) is 0. The second-order valence-corrected chi connectivity index (χ2v) is 7.16. The predicted octanol–water partition coefficient (Wildman–Crippen LogP) is 3.94. The SMILES string of the molecule is S=C(NCc1ccco1)NN=CC1CCCCN1Cc1ccc(Cl)cc1. The Morgan fingerprint density at radius 1 is 1.31 bits per heavy atom. The van der Waals surface area contributed by atoms with Crippen molar-refractivity contribution < 1.29 is 4.42 Å². The van der Waals surface area contributed by atoms with Crippen LogP contribution >= 0.6 is 23.8 Å². The molecule has 1 aromatic heterocycles. The number of hydrogen-bond donors (Lipinski definition) is 2. The molecule has 0 spiro atoms. The molecule has 7 heteroatoms. The molecule has 0 saturated carbocycles. The molecular weight excluding hydrogens is 368 g/mol. The molecule has 1 atom stereocenters. The number of halogens is 1. The van der Waals surface area contributed by atoms with Crippen molar-refractivity contribution in [2.75, 3.05) is 6.54 Å². The first-order valence-corrected chi connectivity index (χ1v) is 9.57. The van der Waals surface area contributed by atoms with Gasteiger partial charge < -0.3 is 9.73 Å². The third-order valence-corrected chi connectivity index (χ3v) is 4.87. The van der Waals surface area contributed by atoms with E-state index in [2.05, 4.69) is 32.9 Å². The van der Waals surface area contributed by atoms with Crippen molar-refractivity contribution in [3.05, 3.63) is 59.0 Å². The molecule has 1 saturated heterocycles. The molecule has 1 unspecified atom stereocenters. The topological polar surface area (TPSA) is 52.8 Å². The molecule has 0 radical (unpaired) electrons. The average molecular weight is 391 g/mol. The number of benzene rings is 1. The Bertz CT molecular complexity index is 718. The van der Waals surface area contributed by atoms with Gasteiger partial charge in [-0.2, -0.15) is 5.10 Å². The van der Waals surface area contributed by atoms with E-state index in [1.54, 1.807) is 6.26 Å². The van der Waals surface area contributed by atoms with Crippen LogP contribution in [-0.2, 0) is 13.1 Å². The van der Waals surface area contributed by atoms with Crippen LogP contribution in [0.5, 0.6) is 0 Å². The summed E-state index contributed by atoms with van der Waals surface area (Å²) in [5.41, 5.74) is 4.15. The van der Waals surface area contributed by atoms with Crippen molar-refractivity contribution in [2.24, 2.45) is 5.10 Å². The Labute approximate surface area is 164 Å². The van der Waals surface area contributed by atoms with Gasteiger partial charge in [-0.3, -0.25) is 10.3 Å². The van der Waals surface area contributed by atoms with E-state index in [9.17, 15) is 0 Å². The Hall–Kier alpha value is -1.89. The van der Waals surface area contributed by atoms with Gasteiger partial charge in [0.25, 0.3) is 0 Å². The minimum Gasteiger partial charge on any atom is -0.467 e. The van der Waals surface area contributed by atoms with E-state index < -0.39 is 0 Å². The summed E-state index contributed by atoms with van der Waals surface area (Å²) in [6.45, 7) is 2.51. The first kappa shape index (κ1) is 18.9. The summed E-state index contributed by atoms with van der Waals surface area (Å²) >= 11 is 11.2. The zero-order valence-corrected chi connectivity index (χ0v) is 16.1. The molecular formula is C19H23ClN4OS. The molecule has 5 nitrogen and oxygen atoms in total. The fraction of sp³-hybridized carbons (Fsp3) is 0.368. The molecule has 138 valence electrons. The summed E-state index contributed by atoms with van der Waals surface area (Å²) in [5.74, 6) is 0.833. The van der Waals surface area contributed by atoms with Gasteiger partial charge in [0.05, 0.1) is 12.8 Å². The molecule has 1 aromatic carbocycles. The summed E-state index contributed by atoms with van der Waals surface area (Å²) in [5, 5.41) is 8.65. The lowest BCUT2D eigenvalue weighted by atomic mass is 10.0. The molecule has 2 heterocycles. The van der Waals surface area contributed by atoms with Gasteiger partial charge in [0.15, 0.2) is 5.11 Å². The van der Waals surface area contributed by atoms with Crippen molar-refractivity contribution in [3.63, 3.8) is 0 Å². The first-order chi connectivity index (χ1) is 12.7. The fourth-order valence-electron chi connectivity index (χ4n) is 3.01. The molecule has 0 aliphatic carbocycles. The lowest BCUT2D eigenvalue weighted by Crippen LogP contribution is -2.40. The third-order valence-electron chi connectivity index (χ3n) is 4.38. The van der Waals surface area contributed by atoms with Gasteiger partial charge in [-0.05, 0) is 61.4 Å². The number of nitrogens with zero attached hydrogens (tertiary/aromatic N) is 2. The maximum absolute atomic E-state index is 5.97. The number of furan rings is 1. The number of thiocarbonyl (C=S) groups is 1. The highest BCUT2D eigenvalue weighted by Crippen LogP contribution is 2.19. The van der Waals surface area contributed by atoms with E-state index >= 15 is 0 Å². The number of rotatable bonds is 6. The third kappa shape index (κ3) is 5.83. The van der Waals surface area contributed by atoms with Gasteiger partial charge in [0.2, 0.25) is 0 Å². The highest BCUT2D eigenvalue weighted by atomic mass is 35.5. The quantitative estimate of drug-likeness (QED) is 0.444. The zero-order chi connectivity index (χ0) is 18.2. The smallest absolute Gasteiger partial charge is 0.187 e. The Morgan fingerprint density at radius 3 is 2.92 bits per heavy atom. The molecule has 26 heavy (non-hydrogen) atoms. The van der Waals surface area contributed by atoms with Gasteiger partial charge in [-0.1, -0.05) is 30.2 Å². The van der Waals surface area contributed by atoms with Gasteiger partial charge in [0.1, 0.15) is 5.76 Å². The Kier molecular flexibility index (Phi) is 7.05. The molecule has 0 amide bonds. The monoisotopic (exact) mass is 390 g/mol. The van der Waals surface area contributed by atoms with Crippen LogP contribution in [0, 0.1) is 0 Å². The van der Waals surface area contributed by atoms with E-state index in [1.165, 1.54) is 18.4 Å². The number of likely N-dealkylation sites (tertiary alicyclic amines) is 1. The number of nitrogens with one attached hydrogen (secondary N) is 2. The van der Waals surface area contributed by atoms with Crippen LogP contribution in [0.2, 0.25) is 5.02 Å². The van der Waals surface area contributed by atoms with E-state index in [4.69, 9.17) is 28.2 Å². The number of hydrazone groups is 1. The van der Waals surface area contributed by atoms with Crippen molar-refractivity contribution >= 4 is 35.1 Å². The zero-order valence-electron chi connectivity index (χ0n) is 14.5. The Morgan fingerprint density at radius 2 is 2.15 bits per heavy atom. The molecule has 1 aliphatic heterocycles. The van der Waals surface area contributed by atoms with Crippen LogP contribution < -0.4 is 10.7 Å². The molecule has 3 rings (SSSR count). The Balaban J connectivity index is 1.48. The van der Waals surface area contributed by atoms with Gasteiger partial charge in [-0.25, -0.2) is 0 Å². The normalized spacial score (nSPS) is 18.1. The van der Waals surface area contributed by atoms with E-state index in [1.807, 2.05) is 30.5 Å². The van der Waals surface area contributed by atoms with Crippen molar-refractivity contribution in [3.8, 4) is 0 Å². The minimum absolute atomic E-state index is 0.305. The van der Waals surface area contributed by atoms with Crippen LogP contribution in [0.1, 0.15) is 30.6 Å². The molecule has 0 bridgehead atoms. The summed E-state index contributed by atoms with van der Waals surface area (Å²) in [6.07, 6.45) is 7.13. The lowest BCUT2D eigenvalue weighted by molar-refractivity contribution is 0.186. The van der Waals surface area contributed by atoms with Crippen LogP contribution in [0.3, 0.4) is 0 Å². The predicted molar refractivity (Wildman–Crippen MR) is 109 cm³/mol. The van der Waals surface area contributed by atoms with Gasteiger partial charge >= 0.3 is 0 Å². The van der Waals surface area contributed by atoms with Crippen LogP contribution in [-0.4, -0.2) is 28.8 Å². The fourth-order valence-corrected chi connectivity index (χ4v) is 3.26. The minimum atomic E-state index is 0.305. The molecule has 2 N–H and O–H groups in total. The van der Waals surface area contributed by atoms with E-state index in [0.717, 1.165) is 30.3 Å². The molecule has 1 aliphatic rings. The van der Waals surface area contributed by atoms with Crippen LogP contribution in [0.15, 0.2) is 52.2 Å². The summed E-state index contributed by atoms with van der Waals surface area (Å²) in [4.78, 5) is 2.44. The standard InChI is InChI=1S/C19H23ClN4OS/c20-16-8-6-15(7-9-16)14-24-10-2-1-4-17(24)12-22-23-19(26)21-13-18-5-3-11-25-18/h3,5-9,11-12,17H,1-2,4,10,13-14H2,(H2,21,23,26). The highest BCUT2D eigenvalue weighted by Gasteiger charge is 2.20. The van der Waals surface area contributed by atoms with E-state index in [-0.39, 0.29) is 0 Å². The first-order valence-electron chi connectivity index (χ1n) is 8.78. The van der Waals surface area contributed by atoms with Crippen molar-refractivity contribution in [1.82, 2.24) is 15.6 Å². The maximum atomic E-state index is 5.97. The van der Waals surface area contributed by atoms with Crippen molar-refractivity contribution in [1.29, 1.82) is 0 Å².